The fourth-order valence-corrected chi connectivity index (χ4v) is 1.85. The third-order valence-corrected chi connectivity index (χ3v) is 2.75. The van der Waals surface area contributed by atoms with Crippen LogP contribution in [-0.2, 0) is 16.0 Å². The van der Waals surface area contributed by atoms with Crippen LogP contribution in [0.1, 0.15) is 33.3 Å². The van der Waals surface area contributed by atoms with Crippen LogP contribution in [0.2, 0.25) is 0 Å². The topological polar surface area (TPSA) is 105 Å². The Labute approximate surface area is 135 Å². The van der Waals surface area contributed by atoms with Gasteiger partial charge >= 0.3 is 12.1 Å². The Morgan fingerprint density at radius 1 is 1.30 bits per heavy atom. The Morgan fingerprint density at radius 3 is 2.43 bits per heavy atom. The summed E-state index contributed by atoms with van der Waals surface area (Å²) in [6.45, 7) is 7.26. The predicted molar refractivity (Wildman–Crippen MR) is 83.8 cm³/mol. The number of aromatic hydroxyl groups is 1. The minimum absolute atomic E-state index is 0.00847. The molecule has 0 aliphatic rings. The molecular formula is C16H23NO6. The highest BCUT2D eigenvalue weighted by Crippen LogP contribution is 2.27. The van der Waals surface area contributed by atoms with E-state index in [9.17, 15) is 19.8 Å². The number of carbonyl (C=O) groups is 2. The maximum atomic E-state index is 11.7. The molecule has 0 spiro atoms. The molecule has 128 valence electrons. The largest absolute Gasteiger partial charge is 0.504 e. The Hall–Kier alpha value is -2.44. The van der Waals surface area contributed by atoms with E-state index in [-0.39, 0.29) is 12.2 Å². The van der Waals surface area contributed by atoms with Crippen molar-refractivity contribution in [2.75, 3.05) is 6.61 Å². The highest BCUT2D eigenvalue weighted by Gasteiger charge is 2.24. The molecule has 0 radical (unpaired) electrons. The molecule has 7 heteroatoms. The molecule has 0 fully saturated rings. The molecule has 3 N–H and O–H groups in total. The molecular weight excluding hydrogens is 302 g/mol. The van der Waals surface area contributed by atoms with E-state index in [2.05, 4.69) is 5.32 Å². The van der Waals surface area contributed by atoms with Gasteiger partial charge in [-0.1, -0.05) is 6.07 Å². The summed E-state index contributed by atoms with van der Waals surface area (Å²) in [7, 11) is 0. The molecule has 0 aromatic heterocycles. The van der Waals surface area contributed by atoms with Crippen LogP contribution >= 0.6 is 0 Å². The standard InChI is InChI=1S/C16H23NO6/c1-5-22-13-7-6-10(9-12(13)18)8-11(14(19)20)17-15(21)23-16(2,3)4/h6-7,9,11,18H,5,8H2,1-4H3,(H,17,21)(H,19,20). The number of carboxylic acid groups (broad SMARTS) is 1. The predicted octanol–water partition coefficient (Wildman–Crippen LogP) is 2.31. The number of amides is 1. The van der Waals surface area contributed by atoms with Crippen molar-refractivity contribution in [1.82, 2.24) is 5.32 Å². The monoisotopic (exact) mass is 325 g/mol. The number of aliphatic carboxylic acids is 1. The van der Waals surface area contributed by atoms with Gasteiger partial charge in [0.2, 0.25) is 0 Å². The molecule has 1 amide bonds. The van der Waals surface area contributed by atoms with Crippen molar-refractivity contribution in [3.8, 4) is 11.5 Å². The highest BCUT2D eigenvalue weighted by atomic mass is 16.6. The van der Waals surface area contributed by atoms with Crippen LogP contribution in [0.4, 0.5) is 4.79 Å². The number of benzene rings is 1. The van der Waals surface area contributed by atoms with E-state index in [0.29, 0.717) is 17.9 Å². The number of carbonyl (C=O) groups excluding carboxylic acids is 1. The van der Waals surface area contributed by atoms with Gasteiger partial charge in [0, 0.05) is 6.42 Å². The van der Waals surface area contributed by atoms with Crippen molar-refractivity contribution in [2.45, 2.75) is 45.8 Å². The van der Waals surface area contributed by atoms with Gasteiger partial charge in [-0.25, -0.2) is 9.59 Å². The van der Waals surface area contributed by atoms with E-state index < -0.39 is 23.7 Å². The Kier molecular flexibility index (Phi) is 6.24. The number of nitrogens with one attached hydrogen (secondary N) is 1. The second kappa shape index (κ2) is 7.71. The number of hydrogen-bond donors (Lipinski definition) is 3. The van der Waals surface area contributed by atoms with Gasteiger partial charge in [0.1, 0.15) is 11.6 Å². The van der Waals surface area contributed by atoms with Crippen molar-refractivity contribution < 1.29 is 29.3 Å². The Balaban J connectivity index is 2.78. The highest BCUT2D eigenvalue weighted by molar-refractivity contribution is 5.80. The second-order valence-electron chi connectivity index (χ2n) is 5.98. The summed E-state index contributed by atoms with van der Waals surface area (Å²) in [5.74, 6) is -0.946. The molecule has 1 unspecified atom stereocenters. The lowest BCUT2D eigenvalue weighted by Crippen LogP contribution is -2.44. The van der Waals surface area contributed by atoms with E-state index in [0.717, 1.165) is 0 Å². The molecule has 0 aliphatic carbocycles. The number of alkyl carbamates (subject to hydrolysis) is 1. The van der Waals surface area contributed by atoms with E-state index in [4.69, 9.17) is 9.47 Å². The number of rotatable bonds is 6. The third kappa shape index (κ3) is 6.46. The Bertz CT molecular complexity index is 564. The number of carboxylic acids is 1. The first-order valence-corrected chi connectivity index (χ1v) is 7.29. The van der Waals surface area contributed by atoms with Gasteiger partial charge in [0.05, 0.1) is 6.61 Å². The maximum absolute atomic E-state index is 11.7. The maximum Gasteiger partial charge on any atom is 0.408 e. The number of phenolic OH excluding ortho intramolecular Hbond substituents is 1. The molecule has 0 bridgehead atoms. The number of ether oxygens (including phenoxy) is 2. The van der Waals surface area contributed by atoms with Crippen molar-refractivity contribution in [2.24, 2.45) is 0 Å². The smallest absolute Gasteiger partial charge is 0.408 e. The van der Waals surface area contributed by atoms with E-state index in [1.165, 1.54) is 6.07 Å². The first-order valence-electron chi connectivity index (χ1n) is 7.29. The van der Waals surface area contributed by atoms with E-state index in [1.54, 1.807) is 39.8 Å². The van der Waals surface area contributed by atoms with Crippen molar-refractivity contribution in [1.29, 1.82) is 0 Å². The van der Waals surface area contributed by atoms with Crippen LogP contribution in [0, 0.1) is 0 Å². The van der Waals surface area contributed by atoms with Gasteiger partial charge in [0.15, 0.2) is 11.5 Å². The molecule has 0 heterocycles. The van der Waals surface area contributed by atoms with Crippen LogP contribution in [0.5, 0.6) is 11.5 Å². The Morgan fingerprint density at radius 2 is 1.96 bits per heavy atom. The quantitative estimate of drug-likeness (QED) is 0.741. The summed E-state index contributed by atoms with van der Waals surface area (Å²) in [6.07, 6.45) is -0.797. The average Bonchev–Trinajstić information content (AvgIpc) is 2.39. The van der Waals surface area contributed by atoms with Crippen LogP contribution < -0.4 is 10.1 Å². The van der Waals surface area contributed by atoms with Gasteiger partial charge in [-0.15, -0.1) is 0 Å². The first kappa shape index (κ1) is 18.6. The minimum Gasteiger partial charge on any atom is -0.504 e. The lowest BCUT2D eigenvalue weighted by atomic mass is 10.1. The summed E-state index contributed by atoms with van der Waals surface area (Å²) in [4.78, 5) is 23.0. The fraction of sp³-hybridized carbons (Fsp3) is 0.500. The van der Waals surface area contributed by atoms with Crippen molar-refractivity contribution in [3.05, 3.63) is 23.8 Å². The zero-order valence-corrected chi connectivity index (χ0v) is 13.8. The molecule has 23 heavy (non-hydrogen) atoms. The molecule has 1 atom stereocenters. The zero-order valence-electron chi connectivity index (χ0n) is 13.8. The average molecular weight is 325 g/mol. The van der Waals surface area contributed by atoms with Gasteiger partial charge in [-0.2, -0.15) is 0 Å². The molecule has 1 rings (SSSR count). The summed E-state index contributed by atoms with van der Waals surface area (Å²) in [5.41, 5.74) is -0.167. The molecule has 0 aliphatic heterocycles. The summed E-state index contributed by atoms with van der Waals surface area (Å²) < 4.78 is 10.3. The zero-order chi connectivity index (χ0) is 17.6. The summed E-state index contributed by atoms with van der Waals surface area (Å²) in [5, 5.41) is 21.4. The van der Waals surface area contributed by atoms with Crippen LogP contribution in [-0.4, -0.2) is 40.5 Å². The molecule has 0 saturated carbocycles. The normalized spacial score (nSPS) is 12.3. The van der Waals surface area contributed by atoms with Gasteiger partial charge in [-0.05, 0) is 45.4 Å². The van der Waals surface area contributed by atoms with Gasteiger partial charge < -0.3 is 25.0 Å². The lowest BCUT2D eigenvalue weighted by molar-refractivity contribution is -0.139. The molecule has 0 saturated heterocycles. The van der Waals surface area contributed by atoms with E-state index >= 15 is 0 Å². The first-order chi connectivity index (χ1) is 10.6. The molecule has 1 aromatic carbocycles. The second-order valence-corrected chi connectivity index (χ2v) is 5.98. The SMILES string of the molecule is CCOc1ccc(CC(NC(=O)OC(C)(C)C)C(=O)O)cc1O. The third-order valence-electron chi connectivity index (χ3n) is 2.75. The molecule has 1 aromatic rings. The molecule has 7 nitrogen and oxygen atoms in total. The number of hydrogen-bond acceptors (Lipinski definition) is 5. The van der Waals surface area contributed by atoms with Gasteiger partial charge in [-0.3, -0.25) is 0 Å². The number of phenols is 1. The van der Waals surface area contributed by atoms with Crippen molar-refractivity contribution in [3.63, 3.8) is 0 Å². The summed E-state index contributed by atoms with van der Waals surface area (Å²) in [6, 6.07) is 3.44. The van der Waals surface area contributed by atoms with Crippen LogP contribution in [0.15, 0.2) is 18.2 Å². The van der Waals surface area contributed by atoms with Crippen LogP contribution in [0.25, 0.3) is 0 Å². The summed E-state index contributed by atoms with van der Waals surface area (Å²) >= 11 is 0. The lowest BCUT2D eigenvalue weighted by Gasteiger charge is -2.22. The van der Waals surface area contributed by atoms with Crippen LogP contribution in [0.3, 0.4) is 0 Å². The van der Waals surface area contributed by atoms with Gasteiger partial charge in [0.25, 0.3) is 0 Å². The fourth-order valence-electron chi connectivity index (χ4n) is 1.85. The minimum atomic E-state index is -1.19. The van der Waals surface area contributed by atoms with E-state index in [1.807, 2.05) is 0 Å². The van der Waals surface area contributed by atoms with Crippen molar-refractivity contribution >= 4 is 12.1 Å².